The van der Waals surface area contributed by atoms with Crippen LogP contribution in [0.3, 0.4) is 0 Å². The molecular formula is C11H8F2N4O2. The predicted octanol–water partition coefficient (Wildman–Crippen LogP) is 1.84. The van der Waals surface area contributed by atoms with Gasteiger partial charge in [-0.3, -0.25) is 4.99 Å². The van der Waals surface area contributed by atoms with E-state index in [1.165, 1.54) is 18.3 Å². The summed E-state index contributed by atoms with van der Waals surface area (Å²) in [5, 5.41) is 10.3. The van der Waals surface area contributed by atoms with Crippen molar-refractivity contribution in [2.45, 2.75) is 6.29 Å². The van der Waals surface area contributed by atoms with Gasteiger partial charge in [-0.1, -0.05) is 0 Å². The highest BCUT2D eigenvalue weighted by molar-refractivity contribution is 5.86. The lowest BCUT2D eigenvalue weighted by atomic mass is 10.1. The summed E-state index contributed by atoms with van der Waals surface area (Å²) in [5.74, 6) is -0.0483. The van der Waals surface area contributed by atoms with Gasteiger partial charge in [0.2, 0.25) is 0 Å². The highest BCUT2D eigenvalue weighted by atomic mass is 19.3. The number of ether oxygens (including phenoxy) is 2. The number of H-pyrrole nitrogens is 1. The van der Waals surface area contributed by atoms with Gasteiger partial charge >= 0.3 is 6.29 Å². The highest BCUT2D eigenvalue weighted by Crippen LogP contribution is 2.42. The van der Waals surface area contributed by atoms with E-state index in [0.29, 0.717) is 17.0 Å². The Balaban J connectivity index is 2.02. The van der Waals surface area contributed by atoms with Crippen molar-refractivity contribution in [3.63, 3.8) is 0 Å². The summed E-state index contributed by atoms with van der Waals surface area (Å²) < 4.78 is 34.5. The summed E-state index contributed by atoms with van der Waals surface area (Å²) >= 11 is 0. The lowest BCUT2D eigenvalue weighted by Crippen LogP contribution is -2.25. The summed E-state index contributed by atoms with van der Waals surface area (Å²) in [6, 6.07) is 4.41. The molecule has 0 radical (unpaired) electrons. The number of nitrogens with zero attached hydrogens (tertiary/aromatic N) is 3. The van der Waals surface area contributed by atoms with Crippen molar-refractivity contribution in [2.24, 2.45) is 4.99 Å². The third-order valence-corrected chi connectivity index (χ3v) is 2.50. The summed E-state index contributed by atoms with van der Waals surface area (Å²) in [6.07, 6.45) is -2.11. The molecule has 1 aliphatic heterocycles. The topological polar surface area (TPSA) is 72.4 Å². The predicted molar refractivity (Wildman–Crippen MR) is 61.5 cm³/mol. The van der Waals surface area contributed by atoms with Gasteiger partial charge in [-0.15, -0.1) is 8.78 Å². The molecule has 2 heterocycles. The maximum Gasteiger partial charge on any atom is 0.586 e. The zero-order valence-corrected chi connectivity index (χ0v) is 9.72. The minimum Gasteiger partial charge on any atom is -0.395 e. The normalized spacial score (nSPS) is 16.2. The average Bonchev–Trinajstić information content (AvgIpc) is 2.90. The Morgan fingerprint density at radius 2 is 2.05 bits per heavy atom. The van der Waals surface area contributed by atoms with Gasteiger partial charge in [0.1, 0.15) is 11.4 Å². The fraction of sp³-hybridized carbons (Fsp3) is 0.182. The van der Waals surface area contributed by atoms with E-state index in [4.69, 9.17) is 0 Å². The Bertz CT molecular complexity index is 654. The van der Waals surface area contributed by atoms with Crippen LogP contribution in [0.2, 0.25) is 0 Å². The number of fused-ring (bicyclic) bond motifs is 1. The summed E-state index contributed by atoms with van der Waals surface area (Å²) in [5.41, 5.74) is 1.57. The second kappa shape index (κ2) is 4.01. The van der Waals surface area contributed by atoms with Gasteiger partial charge in [0.25, 0.3) is 0 Å². The number of aromatic nitrogens is 3. The fourth-order valence-corrected chi connectivity index (χ4v) is 1.76. The number of rotatable bonds is 2. The molecule has 0 bridgehead atoms. The first-order valence-corrected chi connectivity index (χ1v) is 5.32. The molecule has 0 saturated carbocycles. The van der Waals surface area contributed by atoms with Gasteiger partial charge in [-0.25, -0.2) is 0 Å². The van der Waals surface area contributed by atoms with E-state index < -0.39 is 6.29 Å². The second-order valence-corrected chi connectivity index (χ2v) is 3.77. The minimum atomic E-state index is -3.63. The Hall–Kier alpha value is -2.51. The largest absolute Gasteiger partial charge is 0.586 e. The van der Waals surface area contributed by atoms with Gasteiger partial charge in [0.05, 0.1) is 6.21 Å². The smallest absolute Gasteiger partial charge is 0.395 e. The zero-order valence-electron chi connectivity index (χ0n) is 9.72. The number of hydrogen-bond acceptors (Lipinski definition) is 5. The molecule has 0 amide bonds. The molecular weight excluding hydrogens is 258 g/mol. The monoisotopic (exact) mass is 266 g/mol. The number of alkyl halides is 2. The summed E-state index contributed by atoms with van der Waals surface area (Å²) in [6.45, 7) is 0. The van der Waals surface area contributed by atoms with Gasteiger partial charge in [0, 0.05) is 12.6 Å². The van der Waals surface area contributed by atoms with Crippen molar-refractivity contribution in [3.05, 3.63) is 23.9 Å². The lowest BCUT2D eigenvalue weighted by molar-refractivity contribution is -0.286. The first-order valence-electron chi connectivity index (χ1n) is 5.32. The molecule has 6 nitrogen and oxygen atoms in total. The molecule has 3 rings (SSSR count). The second-order valence-electron chi connectivity index (χ2n) is 3.77. The van der Waals surface area contributed by atoms with Crippen molar-refractivity contribution in [1.82, 2.24) is 15.4 Å². The molecule has 1 N–H and O–H groups in total. The van der Waals surface area contributed by atoms with Crippen LogP contribution in [-0.2, 0) is 0 Å². The van der Waals surface area contributed by atoms with Crippen molar-refractivity contribution in [2.75, 3.05) is 7.05 Å². The SMILES string of the molecule is CN=Cc1n[nH]nc1-c1ccc2c(c1)OC(F)(F)O2. The van der Waals surface area contributed by atoms with Crippen LogP contribution in [0.25, 0.3) is 11.3 Å². The van der Waals surface area contributed by atoms with Crippen LogP contribution in [0.1, 0.15) is 5.69 Å². The van der Waals surface area contributed by atoms with Crippen LogP contribution in [-0.4, -0.2) is 35.0 Å². The molecule has 0 spiro atoms. The molecule has 1 aromatic carbocycles. The molecule has 0 fully saturated rings. The van der Waals surface area contributed by atoms with Crippen LogP contribution in [0.15, 0.2) is 23.2 Å². The third kappa shape index (κ3) is 2.01. The number of halogens is 2. The Morgan fingerprint density at radius 3 is 2.84 bits per heavy atom. The van der Waals surface area contributed by atoms with Crippen LogP contribution in [0.5, 0.6) is 11.5 Å². The quantitative estimate of drug-likeness (QED) is 0.842. The van der Waals surface area contributed by atoms with E-state index in [-0.39, 0.29) is 11.5 Å². The number of aromatic amines is 1. The van der Waals surface area contributed by atoms with Crippen LogP contribution < -0.4 is 9.47 Å². The van der Waals surface area contributed by atoms with Crippen molar-refractivity contribution in [1.29, 1.82) is 0 Å². The minimum absolute atomic E-state index is 0.0112. The Morgan fingerprint density at radius 1 is 1.26 bits per heavy atom. The molecule has 2 aromatic rings. The van der Waals surface area contributed by atoms with E-state index in [9.17, 15) is 8.78 Å². The number of nitrogens with one attached hydrogen (secondary N) is 1. The molecule has 1 aromatic heterocycles. The van der Waals surface area contributed by atoms with E-state index in [0.717, 1.165) is 0 Å². The molecule has 19 heavy (non-hydrogen) atoms. The van der Waals surface area contributed by atoms with E-state index in [2.05, 4.69) is 29.9 Å². The molecule has 0 saturated heterocycles. The Kier molecular flexibility index (Phi) is 2.44. The van der Waals surface area contributed by atoms with E-state index in [1.54, 1.807) is 13.1 Å². The average molecular weight is 266 g/mol. The Labute approximate surface area is 106 Å². The lowest BCUT2D eigenvalue weighted by Gasteiger charge is -2.04. The van der Waals surface area contributed by atoms with Crippen LogP contribution >= 0.6 is 0 Å². The van der Waals surface area contributed by atoms with E-state index in [1.807, 2.05) is 0 Å². The van der Waals surface area contributed by atoms with Gasteiger partial charge in [-0.2, -0.15) is 15.4 Å². The fourth-order valence-electron chi connectivity index (χ4n) is 1.76. The van der Waals surface area contributed by atoms with Crippen LogP contribution in [0.4, 0.5) is 8.78 Å². The highest BCUT2D eigenvalue weighted by Gasteiger charge is 2.43. The molecule has 1 aliphatic rings. The molecule has 8 heteroatoms. The van der Waals surface area contributed by atoms with Gasteiger partial charge in [-0.05, 0) is 18.2 Å². The first kappa shape index (κ1) is 11.6. The zero-order chi connectivity index (χ0) is 13.5. The summed E-state index contributed by atoms with van der Waals surface area (Å²) in [4.78, 5) is 3.84. The number of benzene rings is 1. The molecule has 98 valence electrons. The summed E-state index contributed by atoms with van der Waals surface area (Å²) in [7, 11) is 1.60. The first-order chi connectivity index (χ1) is 9.09. The van der Waals surface area contributed by atoms with Crippen molar-refractivity contribution < 1.29 is 18.3 Å². The maximum atomic E-state index is 12.9. The maximum absolute atomic E-state index is 12.9. The number of hydrogen-bond donors (Lipinski definition) is 1. The number of aliphatic imine (C=N–C) groups is 1. The van der Waals surface area contributed by atoms with Crippen molar-refractivity contribution in [3.8, 4) is 22.8 Å². The van der Waals surface area contributed by atoms with Crippen molar-refractivity contribution >= 4 is 6.21 Å². The van der Waals surface area contributed by atoms with E-state index >= 15 is 0 Å². The van der Waals surface area contributed by atoms with Crippen LogP contribution in [0, 0.1) is 0 Å². The van der Waals surface area contributed by atoms with Gasteiger partial charge < -0.3 is 9.47 Å². The third-order valence-electron chi connectivity index (χ3n) is 2.50. The molecule has 0 unspecified atom stereocenters. The standard InChI is InChI=1S/C11H8F2N4O2/c1-14-5-7-10(16-17-15-7)6-2-3-8-9(4-6)19-11(12,13)18-8/h2-5H,1H3,(H,15,16,17). The molecule has 0 atom stereocenters. The molecule has 0 aliphatic carbocycles. The van der Waals surface area contributed by atoms with Gasteiger partial charge in [0.15, 0.2) is 11.5 Å².